The number of methoxy groups -OCH3 is 1. The van der Waals surface area contributed by atoms with E-state index < -0.39 is 0 Å². The van der Waals surface area contributed by atoms with Crippen LogP contribution in [0.15, 0.2) is 0 Å². The van der Waals surface area contributed by atoms with Crippen LogP contribution < -0.4 is 5.32 Å². The van der Waals surface area contributed by atoms with Gasteiger partial charge < -0.3 is 15.0 Å². The number of hydrogen-bond donors (Lipinski definition) is 1. The molecular formula is C9H22N2O. The maximum absolute atomic E-state index is 5.00. The summed E-state index contributed by atoms with van der Waals surface area (Å²) in [6.07, 6.45) is 0. The van der Waals surface area contributed by atoms with E-state index in [9.17, 15) is 0 Å². The highest BCUT2D eigenvalue weighted by Gasteiger charge is 2.04. The smallest absolute Gasteiger partial charge is 0.0589 e. The molecule has 0 aliphatic rings. The third-order valence-corrected chi connectivity index (χ3v) is 1.85. The van der Waals surface area contributed by atoms with Crippen molar-refractivity contribution in [3.05, 3.63) is 0 Å². The van der Waals surface area contributed by atoms with Crippen molar-refractivity contribution in [1.82, 2.24) is 10.2 Å². The maximum Gasteiger partial charge on any atom is 0.0589 e. The van der Waals surface area contributed by atoms with Crippen molar-refractivity contribution in [2.45, 2.75) is 6.92 Å². The molecule has 0 aromatic heterocycles. The molecule has 1 unspecified atom stereocenters. The van der Waals surface area contributed by atoms with Gasteiger partial charge in [0.05, 0.1) is 6.61 Å². The van der Waals surface area contributed by atoms with E-state index in [1.807, 2.05) is 7.05 Å². The minimum Gasteiger partial charge on any atom is -0.383 e. The summed E-state index contributed by atoms with van der Waals surface area (Å²) in [6.45, 7) is 6.30. The zero-order chi connectivity index (χ0) is 9.40. The number of ether oxygens (including phenoxy) is 1. The number of hydrogen-bond acceptors (Lipinski definition) is 3. The molecule has 12 heavy (non-hydrogen) atoms. The molecular weight excluding hydrogens is 152 g/mol. The van der Waals surface area contributed by atoms with Crippen molar-refractivity contribution in [2.24, 2.45) is 5.92 Å². The Kier molecular flexibility index (Phi) is 7.45. The normalized spacial score (nSPS) is 13.8. The largest absolute Gasteiger partial charge is 0.383 e. The van der Waals surface area contributed by atoms with Crippen LogP contribution in [0.5, 0.6) is 0 Å². The summed E-state index contributed by atoms with van der Waals surface area (Å²) < 4.78 is 5.00. The monoisotopic (exact) mass is 174 g/mol. The average molecular weight is 174 g/mol. The van der Waals surface area contributed by atoms with Gasteiger partial charge in [-0.3, -0.25) is 0 Å². The van der Waals surface area contributed by atoms with Gasteiger partial charge in [0.25, 0.3) is 0 Å². The van der Waals surface area contributed by atoms with E-state index in [4.69, 9.17) is 4.74 Å². The van der Waals surface area contributed by atoms with Gasteiger partial charge in [-0.1, -0.05) is 6.92 Å². The van der Waals surface area contributed by atoms with Gasteiger partial charge in [-0.25, -0.2) is 0 Å². The van der Waals surface area contributed by atoms with Gasteiger partial charge in [0.15, 0.2) is 0 Å². The highest BCUT2D eigenvalue weighted by Crippen LogP contribution is 1.95. The first-order valence-electron chi connectivity index (χ1n) is 4.52. The van der Waals surface area contributed by atoms with Crippen LogP contribution in [0.25, 0.3) is 0 Å². The summed E-state index contributed by atoms with van der Waals surface area (Å²) in [5, 5.41) is 3.17. The second kappa shape index (κ2) is 7.53. The van der Waals surface area contributed by atoms with Gasteiger partial charge in [-0.2, -0.15) is 0 Å². The molecule has 0 amide bonds. The van der Waals surface area contributed by atoms with Crippen LogP contribution in [0.2, 0.25) is 0 Å². The Bertz CT molecular complexity index is 98.5. The van der Waals surface area contributed by atoms with Crippen molar-refractivity contribution in [1.29, 1.82) is 0 Å². The molecule has 0 saturated heterocycles. The first-order chi connectivity index (χ1) is 5.70. The molecule has 0 aliphatic carbocycles. The van der Waals surface area contributed by atoms with E-state index in [1.165, 1.54) is 0 Å². The van der Waals surface area contributed by atoms with E-state index in [1.54, 1.807) is 7.11 Å². The molecule has 0 saturated carbocycles. The van der Waals surface area contributed by atoms with Gasteiger partial charge in [0, 0.05) is 20.2 Å². The molecule has 0 fully saturated rings. The number of rotatable bonds is 7. The zero-order valence-electron chi connectivity index (χ0n) is 8.76. The summed E-state index contributed by atoms with van der Waals surface area (Å²) in [6, 6.07) is 0. The van der Waals surface area contributed by atoms with Gasteiger partial charge in [0.1, 0.15) is 0 Å². The quantitative estimate of drug-likeness (QED) is 0.605. The van der Waals surface area contributed by atoms with Crippen molar-refractivity contribution >= 4 is 0 Å². The molecule has 0 aliphatic heterocycles. The minimum absolute atomic E-state index is 0.705. The fourth-order valence-electron chi connectivity index (χ4n) is 1.28. The van der Waals surface area contributed by atoms with Crippen molar-refractivity contribution < 1.29 is 4.74 Å². The zero-order valence-corrected chi connectivity index (χ0v) is 8.76. The lowest BCUT2D eigenvalue weighted by atomic mass is 10.2. The number of nitrogens with zero attached hydrogens (tertiary/aromatic N) is 1. The fourth-order valence-corrected chi connectivity index (χ4v) is 1.28. The van der Waals surface area contributed by atoms with Crippen molar-refractivity contribution in [3.8, 4) is 0 Å². The predicted octanol–water partition coefficient (Wildman–Crippen LogP) is 0.420. The van der Waals surface area contributed by atoms with Crippen LogP contribution in [-0.2, 0) is 4.74 Å². The molecule has 0 spiro atoms. The molecule has 0 bridgehead atoms. The topological polar surface area (TPSA) is 24.5 Å². The SMILES string of the molecule is CNCC(C)CN(C)CCOC. The Labute approximate surface area is 76.1 Å². The minimum atomic E-state index is 0.705. The summed E-state index contributed by atoms with van der Waals surface area (Å²) in [5.41, 5.74) is 0. The Morgan fingerprint density at radius 3 is 2.67 bits per heavy atom. The molecule has 3 heteroatoms. The number of nitrogens with one attached hydrogen (secondary N) is 1. The van der Waals surface area contributed by atoms with Crippen LogP contribution >= 0.6 is 0 Å². The van der Waals surface area contributed by atoms with E-state index >= 15 is 0 Å². The highest BCUT2D eigenvalue weighted by atomic mass is 16.5. The van der Waals surface area contributed by atoms with Crippen LogP contribution in [0, 0.1) is 5.92 Å². The van der Waals surface area contributed by atoms with Crippen LogP contribution in [0.4, 0.5) is 0 Å². The van der Waals surface area contributed by atoms with Crippen LogP contribution in [0.3, 0.4) is 0 Å². The Hall–Kier alpha value is -0.120. The molecule has 74 valence electrons. The first-order valence-corrected chi connectivity index (χ1v) is 4.52. The second-order valence-electron chi connectivity index (χ2n) is 3.42. The lowest BCUT2D eigenvalue weighted by Gasteiger charge is -2.20. The standard InChI is InChI=1S/C9H22N2O/c1-9(7-10-2)8-11(3)5-6-12-4/h9-10H,5-8H2,1-4H3. The maximum atomic E-state index is 5.00. The van der Waals surface area contributed by atoms with Gasteiger partial charge in [0.2, 0.25) is 0 Å². The molecule has 0 aromatic rings. The summed E-state index contributed by atoms with van der Waals surface area (Å²) >= 11 is 0. The molecule has 1 N–H and O–H groups in total. The van der Waals surface area contributed by atoms with E-state index in [0.29, 0.717) is 5.92 Å². The van der Waals surface area contributed by atoms with E-state index in [-0.39, 0.29) is 0 Å². The predicted molar refractivity (Wildman–Crippen MR) is 52.5 cm³/mol. The van der Waals surface area contributed by atoms with Gasteiger partial charge in [-0.15, -0.1) is 0 Å². The van der Waals surface area contributed by atoms with Crippen LogP contribution in [-0.4, -0.2) is 52.3 Å². The van der Waals surface area contributed by atoms with Crippen molar-refractivity contribution in [2.75, 3.05) is 47.4 Å². The highest BCUT2D eigenvalue weighted by molar-refractivity contribution is 4.60. The summed E-state index contributed by atoms with van der Waals surface area (Å²) in [5.74, 6) is 0.705. The molecule has 0 aromatic carbocycles. The Morgan fingerprint density at radius 2 is 2.17 bits per heavy atom. The summed E-state index contributed by atoms with van der Waals surface area (Å²) in [4.78, 5) is 2.30. The van der Waals surface area contributed by atoms with Gasteiger partial charge >= 0.3 is 0 Å². The Balaban J connectivity index is 3.33. The van der Waals surface area contributed by atoms with E-state index in [0.717, 1.165) is 26.2 Å². The second-order valence-corrected chi connectivity index (χ2v) is 3.42. The molecule has 3 nitrogen and oxygen atoms in total. The lowest BCUT2D eigenvalue weighted by Crippen LogP contribution is -2.31. The Morgan fingerprint density at radius 1 is 1.50 bits per heavy atom. The average Bonchev–Trinajstić information content (AvgIpc) is 2.01. The van der Waals surface area contributed by atoms with Crippen molar-refractivity contribution in [3.63, 3.8) is 0 Å². The molecule has 1 atom stereocenters. The number of likely N-dealkylation sites (N-methyl/N-ethyl adjacent to an activating group) is 1. The van der Waals surface area contributed by atoms with Gasteiger partial charge in [-0.05, 0) is 26.6 Å². The molecule has 0 heterocycles. The molecule has 0 rings (SSSR count). The third-order valence-electron chi connectivity index (χ3n) is 1.85. The fraction of sp³-hybridized carbons (Fsp3) is 1.00. The lowest BCUT2D eigenvalue weighted by molar-refractivity contribution is 0.154. The first kappa shape index (κ1) is 11.9. The van der Waals surface area contributed by atoms with Crippen LogP contribution in [0.1, 0.15) is 6.92 Å². The summed E-state index contributed by atoms with van der Waals surface area (Å²) in [7, 11) is 5.86. The molecule has 0 radical (unpaired) electrons. The van der Waals surface area contributed by atoms with E-state index in [2.05, 4.69) is 24.2 Å². The third kappa shape index (κ3) is 6.58.